The third kappa shape index (κ3) is 3.32. The fraction of sp³-hybridized carbons (Fsp3) is 0.867. The molecule has 0 aromatic carbocycles. The van der Waals surface area contributed by atoms with Crippen molar-refractivity contribution in [3.8, 4) is 0 Å². The fourth-order valence-electron chi connectivity index (χ4n) is 3.56. The molecule has 1 aliphatic carbocycles. The maximum atomic E-state index is 12.9. The third-order valence-electron chi connectivity index (χ3n) is 4.72. The van der Waals surface area contributed by atoms with Gasteiger partial charge in [-0.15, -0.1) is 0 Å². The number of likely N-dealkylation sites (tertiary alicyclic amines) is 1. The molecular weight excluding hydrogens is 254 g/mol. The molecule has 20 heavy (non-hydrogen) atoms. The van der Waals surface area contributed by atoms with E-state index in [9.17, 15) is 9.59 Å². The Hall–Kier alpha value is -1.10. The second-order valence-corrected chi connectivity index (χ2v) is 6.18. The number of amides is 2. The lowest BCUT2D eigenvalue weighted by Crippen LogP contribution is -2.61. The van der Waals surface area contributed by atoms with Crippen molar-refractivity contribution in [3.63, 3.8) is 0 Å². The summed E-state index contributed by atoms with van der Waals surface area (Å²) in [7, 11) is 1.97. The zero-order valence-electron chi connectivity index (χ0n) is 12.7. The van der Waals surface area contributed by atoms with Crippen molar-refractivity contribution in [1.29, 1.82) is 0 Å². The molecule has 1 aliphatic heterocycles. The minimum absolute atomic E-state index is 0.0923. The second-order valence-electron chi connectivity index (χ2n) is 6.18. The number of rotatable bonds is 3. The summed E-state index contributed by atoms with van der Waals surface area (Å²) in [4.78, 5) is 26.4. The van der Waals surface area contributed by atoms with E-state index in [1.54, 1.807) is 0 Å². The van der Waals surface area contributed by atoms with Crippen LogP contribution in [0.1, 0.15) is 51.9 Å². The fourth-order valence-corrected chi connectivity index (χ4v) is 3.56. The van der Waals surface area contributed by atoms with Crippen LogP contribution in [0.5, 0.6) is 0 Å². The van der Waals surface area contributed by atoms with Crippen LogP contribution in [-0.4, -0.2) is 48.4 Å². The highest BCUT2D eigenvalue weighted by Crippen LogP contribution is 2.31. The molecule has 5 heteroatoms. The van der Waals surface area contributed by atoms with E-state index >= 15 is 0 Å². The van der Waals surface area contributed by atoms with Gasteiger partial charge in [0.25, 0.3) is 0 Å². The third-order valence-corrected chi connectivity index (χ3v) is 4.72. The van der Waals surface area contributed by atoms with Gasteiger partial charge < -0.3 is 15.5 Å². The van der Waals surface area contributed by atoms with Gasteiger partial charge in [-0.05, 0) is 32.7 Å². The van der Waals surface area contributed by atoms with Crippen molar-refractivity contribution in [2.24, 2.45) is 0 Å². The lowest BCUT2D eigenvalue weighted by Gasteiger charge is -2.42. The van der Waals surface area contributed by atoms with Crippen LogP contribution in [0.25, 0.3) is 0 Å². The molecule has 0 bridgehead atoms. The quantitative estimate of drug-likeness (QED) is 0.812. The van der Waals surface area contributed by atoms with Crippen LogP contribution >= 0.6 is 0 Å². The first-order valence-electron chi connectivity index (χ1n) is 7.83. The average Bonchev–Trinajstić information content (AvgIpc) is 2.47. The second kappa shape index (κ2) is 6.57. The van der Waals surface area contributed by atoms with E-state index in [4.69, 9.17) is 0 Å². The Kier molecular flexibility index (Phi) is 5.02. The van der Waals surface area contributed by atoms with Crippen LogP contribution in [0.2, 0.25) is 0 Å². The molecule has 1 saturated heterocycles. The molecule has 0 unspecified atom stereocenters. The summed E-state index contributed by atoms with van der Waals surface area (Å²) in [5.74, 6) is 0.0484. The molecule has 2 aliphatic rings. The molecule has 0 radical (unpaired) electrons. The summed E-state index contributed by atoms with van der Waals surface area (Å²) in [6.45, 7) is 3.11. The Bertz CT molecular complexity index is 356. The highest BCUT2D eigenvalue weighted by atomic mass is 16.2. The van der Waals surface area contributed by atoms with Crippen molar-refractivity contribution in [1.82, 2.24) is 15.5 Å². The van der Waals surface area contributed by atoms with Crippen LogP contribution in [0.3, 0.4) is 0 Å². The highest BCUT2D eigenvalue weighted by Gasteiger charge is 2.43. The van der Waals surface area contributed by atoms with Gasteiger partial charge in [-0.25, -0.2) is 0 Å². The van der Waals surface area contributed by atoms with Gasteiger partial charge in [-0.1, -0.05) is 19.3 Å². The first kappa shape index (κ1) is 15.3. The van der Waals surface area contributed by atoms with E-state index < -0.39 is 5.54 Å². The molecule has 2 amide bonds. The first-order chi connectivity index (χ1) is 9.57. The van der Waals surface area contributed by atoms with Gasteiger partial charge >= 0.3 is 0 Å². The predicted molar refractivity (Wildman–Crippen MR) is 78.3 cm³/mol. The molecule has 0 aromatic rings. The number of hydrogen-bond acceptors (Lipinski definition) is 3. The summed E-state index contributed by atoms with van der Waals surface area (Å²) in [5.41, 5.74) is -0.628. The predicted octanol–water partition coefficient (Wildman–Crippen LogP) is 1.04. The number of nitrogens with zero attached hydrogens (tertiary/aromatic N) is 1. The first-order valence-corrected chi connectivity index (χ1v) is 7.83. The van der Waals surface area contributed by atoms with Gasteiger partial charge in [0, 0.05) is 26.1 Å². The van der Waals surface area contributed by atoms with Gasteiger partial charge in [0.05, 0.1) is 0 Å². The molecule has 0 atom stereocenters. The Labute approximate surface area is 121 Å². The van der Waals surface area contributed by atoms with Gasteiger partial charge in [0.1, 0.15) is 5.54 Å². The molecule has 0 aromatic heterocycles. The lowest BCUT2D eigenvalue weighted by molar-refractivity contribution is -0.144. The molecule has 114 valence electrons. The van der Waals surface area contributed by atoms with Crippen molar-refractivity contribution in [3.05, 3.63) is 0 Å². The summed E-state index contributed by atoms with van der Waals surface area (Å²) in [5, 5.41) is 6.25. The maximum Gasteiger partial charge on any atom is 0.248 e. The van der Waals surface area contributed by atoms with E-state index in [-0.39, 0.29) is 11.8 Å². The number of carbonyl (C=O) groups is 2. The molecule has 2 N–H and O–H groups in total. The van der Waals surface area contributed by atoms with E-state index in [2.05, 4.69) is 10.6 Å². The smallest absolute Gasteiger partial charge is 0.248 e. The molecule has 2 fully saturated rings. The van der Waals surface area contributed by atoms with Crippen LogP contribution in [0, 0.1) is 0 Å². The van der Waals surface area contributed by atoms with Gasteiger partial charge in [-0.2, -0.15) is 0 Å². The van der Waals surface area contributed by atoms with Gasteiger partial charge in [0.15, 0.2) is 0 Å². The standard InChI is InChI=1S/C15H27N3O2/c1-12(19)17-15(8-4-3-5-9-15)14(20)18-10-6-13(16-2)7-11-18/h13,16H,3-11H2,1-2H3,(H,17,19). The Morgan fingerprint density at radius 3 is 2.20 bits per heavy atom. The van der Waals surface area contributed by atoms with Crippen molar-refractivity contribution in [2.75, 3.05) is 20.1 Å². The molecular formula is C15H27N3O2. The largest absolute Gasteiger partial charge is 0.342 e. The zero-order chi connectivity index (χ0) is 14.6. The number of hydrogen-bond donors (Lipinski definition) is 2. The van der Waals surface area contributed by atoms with E-state index in [0.717, 1.165) is 58.0 Å². The summed E-state index contributed by atoms with van der Waals surface area (Å²) >= 11 is 0. The summed E-state index contributed by atoms with van der Waals surface area (Å²) in [6.07, 6.45) is 6.79. The highest BCUT2D eigenvalue weighted by molar-refractivity contribution is 5.91. The van der Waals surface area contributed by atoms with E-state index in [1.807, 2.05) is 11.9 Å². The van der Waals surface area contributed by atoms with Crippen LogP contribution in [0.15, 0.2) is 0 Å². The van der Waals surface area contributed by atoms with Gasteiger partial charge in [-0.3, -0.25) is 9.59 Å². The average molecular weight is 281 g/mol. The Morgan fingerprint density at radius 2 is 1.70 bits per heavy atom. The van der Waals surface area contributed by atoms with E-state index in [0.29, 0.717) is 6.04 Å². The van der Waals surface area contributed by atoms with Crippen molar-refractivity contribution in [2.45, 2.75) is 63.5 Å². The molecule has 2 rings (SSSR count). The molecule has 1 heterocycles. The number of piperidine rings is 1. The minimum atomic E-state index is -0.628. The number of carbonyl (C=O) groups excluding carboxylic acids is 2. The molecule has 1 saturated carbocycles. The monoisotopic (exact) mass is 281 g/mol. The minimum Gasteiger partial charge on any atom is -0.342 e. The SMILES string of the molecule is CNC1CCN(C(=O)C2(NC(C)=O)CCCCC2)CC1. The Morgan fingerprint density at radius 1 is 1.10 bits per heavy atom. The van der Waals surface area contributed by atoms with Crippen molar-refractivity contribution < 1.29 is 9.59 Å². The van der Waals surface area contributed by atoms with Crippen LogP contribution in [-0.2, 0) is 9.59 Å². The molecule has 0 spiro atoms. The maximum absolute atomic E-state index is 12.9. The molecule has 5 nitrogen and oxygen atoms in total. The Balaban J connectivity index is 2.05. The normalized spacial score (nSPS) is 23.4. The zero-order valence-corrected chi connectivity index (χ0v) is 12.7. The van der Waals surface area contributed by atoms with Crippen molar-refractivity contribution >= 4 is 11.8 Å². The summed E-state index contributed by atoms with van der Waals surface area (Å²) < 4.78 is 0. The van der Waals surface area contributed by atoms with Gasteiger partial charge in [0.2, 0.25) is 11.8 Å². The van der Waals surface area contributed by atoms with E-state index in [1.165, 1.54) is 6.92 Å². The topological polar surface area (TPSA) is 61.4 Å². The number of nitrogens with one attached hydrogen (secondary N) is 2. The van der Waals surface area contributed by atoms with Crippen LogP contribution in [0.4, 0.5) is 0 Å². The van der Waals surface area contributed by atoms with Crippen LogP contribution < -0.4 is 10.6 Å². The lowest BCUT2D eigenvalue weighted by atomic mass is 9.80. The summed E-state index contributed by atoms with van der Waals surface area (Å²) in [6, 6.07) is 0.516.